The summed E-state index contributed by atoms with van der Waals surface area (Å²) >= 11 is 0. The number of nitrogens with one attached hydrogen (secondary N) is 1. The fourth-order valence-corrected chi connectivity index (χ4v) is 7.76. The third-order valence-corrected chi connectivity index (χ3v) is 9.45. The molecular weight excluding hydrogens is 424 g/mol. The molecule has 2 heteroatoms. The van der Waals surface area contributed by atoms with Crippen molar-refractivity contribution in [2.24, 2.45) is 5.73 Å². The van der Waals surface area contributed by atoms with Crippen LogP contribution in [0.3, 0.4) is 0 Å². The maximum atomic E-state index is 8.12. The van der Waals surface area contributed by atoms with E-state index in [1.54, 1.807) is 5.56 Å². The SMILES string of the molecule is CC1=C=C=C(C(=N)N)C2=C1Cc1cc3c(cc1C2)C1(CC(C)(C)c2cc(C)c(C)cc21)CC3(C)C. The Morgan fingerprint density at radius 3 is 1.83 bits per heavy atom. The van der Waals surface area contributed by atoms with E-state index in [4.69, 9.17) is 11.1 Å². The average molecular weight is 461 g/mol. The molecule has 2 aromatic rings. The lowest BCUT2D eigenvalue weighted by Gasteiger charge is -2.31. The number of benzene rings is 2. The van der Waals surface area contributed by atoms with E-state index in [9.17, 15) is 0 Å². The first-order valence-electron chi connectivity index (χ1n) is 12.9. The van der Waals surface area contributed by atoms with Crippen LogP contribution in [0.1, 0.15) is 92.0 Å². The van der Waals surface area contributed by atoms with Gasteiger partial charge in [0.05, 0.1) is 5.57 Å². The monoisotopic (exact) mass is 460 g/mol. The van der Waals surface area contributed by atoms with Crippen LogP contribution in [0.4, 0.5) is 0 Å². The maximum absolute atomic E-state index is 8.12. The zero-order chi connectivity index (χ0) is 25.1. The van der Waals surface area contributed by atoms with Crippen LogP contribution in [-0.4, -0.2) is 5.84 Å². The van der Waals surface area contributed by atoms with Crippen molar-refractivity contribution in [2.75, 3.05) is 0 Å². The van der Waals surface area contributed by atoms with Crippen molar-refractivity contribution in [1.82, 2.24) is 0 Å². The van der Waals surface area contributed by atoms with Gasteiger partial charge in [-0.2, -0.15) is 0 Å². The van der Waals surface area contributed by atoms with Gasteiger partial charge in [0.25, 0.3) is 0 Å². The van der Waals surface area contributed by atoms with Crippen molar-refractivity contribution >= 4 is 5.84 Å². The highest BCUT2D eigenvalue weighted by Gasteiger charge is 2.56. The van der Waals surface area contributed by atoms with E-state index in [1.807, 2.05) is 0 Å². The number of nitrogens with two attached hydrogens (primary N) is 1. The minimum absolute atomic E-state index is 0.0569. The molecule has 4 aliphatic rings. The lowest BCUT2D eigenvalue weighted by Crippen LogP contribution is -2.27. The zero-order valence-electron chi connectivity index (χ0n) is 22.2. The highest BCUT2D eigenvalue weighted by molar-refractivity contribution is 5.99. The summed E-state index contributed by atoms with van der Waals surface area (Å²) < 4.78 is 0. The number of aryl methyl sites for hydroxylation is 2. The standard InChI is InChI=1S/C33H36N2/c1-18-8-9-23(30(34)35)25-13-22-15-29-27(14-21(22)12-24(18)25)32(6,7)17-33(29)16-31(4,5)26-10-19(2)20(3)11-28(26)33/h10-11,14-15H,12-13,16-17H2,1-7H3,(H3,34,35). The molecule has 178 valence electrons. The molecule has 1 spiro atoms. The Labute approximate surface area is 209 Å². The summed E-state index contributed by atoms with van der Waals surface area (Å²) in [6.45, 7) is 16.4. The van der Waals surface area contributed by atoms with Gasteiger partial charge in [-0.3, -0.25) is 5.41 Å². The minimum Gasteiger partial charge on any atom is -0.383 e. The van der Waals surface area contributed by atoms with E-state index in [1.165, 1.54) is 50.1 Å². The van der Waals surface area contributed by atoms with E-state index < -0.39 is 0 Å². The molecular formula is C33H36N2. The fraction of sp³-hybridized carbons (Fsp3) is 0.424. The predicted octanol–water partition coefficient (Wildman–Crippen LogP) is 6.92. The van der Waals surface area contributed by atoms with Crippen LogP contribution in [0.2, 0.25) is 0 Å². The molecule has 0 heterocycles. The van der Waals surface area contributed by atoms with Crippen LogP contribution in [0.5, 0.6) is 0 Å². The Hall–Kier alpha value is -3.05. The second-order valence-electron chi connectivity index (χ2n) is 12.8. The lowest BCUT2D eigenvalue weighted by atomic mass is 9.71. The van der Waals surface area contributed by atoms with Crippen LogP contribution in [0, 0.1) is 19.3 Å². The molecule has 0 fully saturated rings. The molecule has 2 aromatic carbocycles. The third kappa shape index (κ3) is 2.94. The number of hydrogen-bond acceptors (Lipinski definition) is 1. The molecule has 1 unspecified atom stereocenters. The topological polar surface area (TPSA) is 49.9 Å². The predicted molar refractivity (Wildman–Crippen MR) is 144 cm³/mol. The molecule has 4 aliphatic carbocycles. The average Bonchev–Trinajstić information content (AvgIpc) is 3.11. The summed E-state index contributed by atoms with van der Waals surface area (Å²) in [6, 6.07) is 10.0. The first-order valence-corrected chi connectivity index (χ1v) is 12.9. The van der Waals surface area contributed by atoms with Gasteiger partial charge in [0, 0.05) is 11.0 Å². The van der Waals surface area contributed by atoms with Gasteiger partial charge in [-0.25, -0.2) is 0 Å². The van der Waals surface area contributed by atoms with Crippen LogP contribution < -0.4 is 5.73 Å². The summed E-state index contributed by atoms with van der Waals surface area (Å²) in [4.78, 5) is 0. The van der Waals surface area contributed by atoms with Crippen LogP contribution in [0.15, 0.2) is 58.0 Å². The summed E-state index contributed by atoms with van der Waals surface area (Å²) in [6.07, 6.45) is 4.02. The Bertz CT molecular complexity index is 1510. The van der Waals surface area contributed by atoms with Crippen molar-refractivity contribution in [3.63, 3.8) is 0 Å². The van der Waals surface area contributed by atoms with E-state index in [2.05, 4.69) is 84.2 Å². The second kappa shape index (κ2) is 6.79. The zero-order valence-corrected chi connectivity index (χ0v) is 22.2. The molecule has 0 saturated carbocycles. The van der Waals surface area contributed by atoms with Crippen LogP contribution in [-0.2, 0) is 29.1 Å². The Morgan fingerprint density at radius 2 is 1.23 bits per heavy atom. The summed E-state index contributed by atoms with van der Waals surface area (Å²) in [5.41, 5.74) is 28.8. The van der Waals surface area contributed by atoms with Gasteiger partial charge in [-0.15, -0.1) is 0 Å². The smallest absolute Gasteiger partial charge is 0.131 e. The van der Waals surface area contributed by atoms with Gasteiger partial charge in [-0.1, -0.05) is 63.4 Å². The number of amidine groups is 1. The molecule has 0 radical (unpaired) electrons. The van der Waals surface area contributed by atoms with Gasteiger partial charge < -0.3 is 5.73 Å². The third-order valence-electron chi connectivity index (χ3n) is 9.45. The van der Waals surface area contributed by atoms with Gasteiger partial charge in [0.1, 0.15) is 5.84 Å². The van der Waals surface area contributed by atoms with Crippen molar-refractivity contribution < 1.29 is 0 Å². The van der Waals surface area contributed by atoms with Crippen LogP contribution >= 0.6 is 0 Å². The van der Waals surface area contributed by atoms with Gasteiger partial charge in [0.2, 0.25) is 0 Å². The largest absolute Gasteiger partial charge is 0.383 e. The Balaban J connectivity index is 1.56. The number of allylic oxidation sites excluding steroid dienone is 2. The van der Waals surface area contributed by atoms with Gasteiger partial charge in [0.15, 0.2) is 0 Å². The molecule has 3 N–H and O–H groups in total. The maximum Gasteiger partial charge on any atom is 0.131 e. The van der Waals surface area contributed by atoms with Crippen molar-refractivity contribution in [3.05, 3.63) is 103 Å². The first-order chi connectivity index (χ1) is 16.3. The number of fused-ring (bicyclic) bond motifs is 5. The van der Waals surface area contributed by atoms with Crippen LogP contribution in [0.25, 0.3) is 0 Å². The normalized spacial score (nSPS) is 24.5. The van der Waals surface area contributed by atoms with E-state index >= 15 is 0 Å². The van der Waals surface area contributed by atoms with Crippen molar-refractivity contribution in [3.8, 4) is 0 Å². The summed E-state index contributed by atoms with van der Waals surface area (Å²) in [5.74, 6) is 0.0945. The van der Waals surface area contributed by atoms with E-state index in [0.29, 0.717) is 0 Å². The molecule has 0 aliphatic heterocycles. The summed E-state index contributed by atoms with van der Waals surface area (Å²) in [5, 5.41) is 8.12. The Morgan fingerprint density at radius 1 is 0.743 bits per heavy atom. The molecule has 2 nitrogen and oxygen atoms in total. The van der Waals surface area contributed by atoms with Gasteiger partial charge in [-0.05, 0) is 113 Å². The fourth-order valence-electron chi connectivity index (χ4n) is 7.76. The Kier molecular flexibility index (Phi) is 4.35. The summed E-state index contributed by atoms with van der Waals surface area (Å²) in [7, 11) is 0. The highest BCUT2D eigenvalue weighted by atomic mass is 14.7. The molecule has 0 saturated heterocycles. The molecule has 0 bridgehead atoms. The quantitative estimate of drug-likeness (QED) is 0.271. The first kappa shape index (κ1) is 22.4. The number of hydrogen-bond donors (Lipinski definition) is 2. The van der Waals surface area contributed by atoms with E-state index in [0.717, 1.165) is 36.8 Å². The molecule has 1 atom stereocenters. The highest BCUT2D eigenvalue weighted by Crippen LogP contribution is 2.63. The molecule has 0 aromatic heterocycles. The lowest BCUT2D eigenvalue weighted by molar-refractivity contribution is 0.349. The molecule has 6 rings (SSSR count). The van der Waals surface area contributed by atoms with E-state index in [-0.39, 0.29) is 22.1 Å². The van der Waals surface area contributed by atoms with Crippen molar-refractivity contribution in [1.29, 1.82) is 5.41 Å². The van der Waals surface area contributed by atoms with Crippen molar-refractivity contribution in [2.45, 2.75) is 90.4 Å². The van der Waals surface area contributed by atoms with Gasteiger partial charge >= 0.3 is 0 Å². The minimum atomic E-state index is 0.0569. The second-order valence-corrected chi connectivity index (χ2v) is 12.8. The molecule has 0 amide bonds. The molecule has 35 heavy (non-hydrogen) atoms. The number of rotatable bonds is 1.